The third kappa shape index (κ3) is 3.24. The van der Waals surface area contributed by atoms with Crippen molar-refractivity contribution in [3.8, 4) is 0 Å². The summed E-state index contributed by atoms with van der Waals surface area (Å²) in [5.41, 5.74) is -0.398. The monoisotopic (exact) mass is 253 g/mol. The molecule has 0 unspecified atom stereocenters. The van der Waals surface area contributed by atoms with Crippen LogP contribution in [0, 0.1) is 15.9 Å². The van der Waals surface area contributed by atoms with Gasteiger partial charge in [0.2, 0.25) is 5.91 Å². The van der Waals surface area contributed by atoms with Gasteiger partial charge in [0.1, 0.15) is 0 Å². The number of amides is 1. The molecule has 1 amide bonds. The number of carbonyl (C=O) groups excluding carboxylic acids is 1. The van der Waals surface area contributed by atoms with E-state index in [0.29, 0.717) is 6.04 Å². The first-order valence-corrected chi connectivity index (χ1v) is 5.53. The van der Waals surface area contributed by atoms with E-state index in [9.17, 15) is 19.3 Å². The van der Waals surface area contributed by atoms with Crippen LogP contribution < -0.4 is 10.6 Å². The summed E-state index contributed by atoms with van der Waals surface area (Å²) in [6.07, 6.45) is 2.11. The van der Waals surface area contributed by atoms with Gasteiger partial charge in [0.25, 0.3) is 5.69 Å². The number of rotatable bonds is 5. The Morgan fingerprint density at radius 1 is 1.50 bits per heavy atom. The van der Waals surface area contributed by atoms with E-state index < -0.39 is 10.7 Å². The number of nitro groups is 1. The number of benzene rings is 1. The Morgan fingerprint density at radius 3 is 2.78 bits per heavy atom. The smallest absolute Gasteiger partial charge is 0.272 e. The van der Waals surface area contributed by atoms with Crippen molar-refractivity contribution in [2.24, 2.45) is 0 Å². The van der Waals surface area contributed by atoms with Gasteiger partial charge in [-0.25, -0.2) is 4.39 Å². The molecule has 0 radical (unpaired) electrons. The molecule has 1 aliphatic rings. The Morgan fingerprint density at radius 2 is 2.22 bits per heavy atom. The average molecular weight is 253 g/mol. The molecule has 1 aromatic rings. The van der Waals surface area contributed by atoms with Crippen LogP contribution in [0.1, 0.15) is 12.8 Å². The minimum absolute atomic E-state index is 0.0526. The number of nitrogens with one attached hydrogen (secondary N) is 2. The zero-order valence-corrected chi connectivity index (χ0v) is 9.48. The van der Waals surface area contributed by atoms with Gasteiger partial charge in [0.05, 0.1) is 23.2 Å². The highest BCUT2D eigenvalue weighted by Gasteiger charge is 2.21. The third-order valence-electron chi connectivity index (χ3n) is 2.57. The van der Waals surface area contributed by atoms with Crippen LogP contribution in [0.15, 0.2) is 18.2 Å². The SMILES string of the molecule is O=C(CNC1CC1)Nc1ccc([N+](=O)[O-])cc1F. The van der Waals surface area contributed by atoms with E-state index in [1.54, 1.807) is 0 Å². The summed E-state index contributed by atoms with van der Waals surface area (Å²) < 4.78 is 13.4. The molecule has 1 aliphatic carbocycles. The highest BCUT2D eigenvalue weighted by atomic mass is 19.1. The van der Waals surface area contributed by atoms with E-state index in [0.717, 1.165) is 25.0 Å². The van der Waals surface area contributed by atoms with Crippen LogP contribution in [0.25, 0.3) is 0 Å². The summed E-state index contributed by atoms with van der Waals surface area (Å²) in [5, 5.41) is 15.8. The highest BCUT2D eigenvalue weighted by molar-refractivity contribution is 5.92. The second kappa shape index (κ2) is 5.09. The van der Waals surface area contributed by atoms with Crippen LogP contribution in [-0.2, 0) is 4.79 Å². The fourth-order valence-corrected chi connectivity index (χ4v) is 1.44. The van der Waals surface area contributed by atoms with Gasteiger partial charge in [-0.2, -0.15) is 0 Å². The molecule has 2 rings (SSSR count). The molecule has 0 atom stereocenters. The highest BCUT2D eigenvalue weighted by Crippen LogP contribution is 2.21. The van der Waals surface area contributed by atoms with Gasteiger partial charge in [-0.3, -0.25) is 14.9 Å². The van der Waals surface area contributed by atoms with Gasteiger partial charge < -0.3 is 10.6 Å². The standard InChI is InChI=1S/C11H12FN3O3/c12-9-5-8(15(17)18)3-4-10(9)14-11(16)6-13-7-1-2-7/h3-5,7,13H,1-2,6H2,(H,14,16). The summed E-state index contributed by atoms with van der Waals surface area (Å²) >= 11 is 0. The van der Waals surface area contributed by atoms with Gasteiger partial charge in [-0.15, -0.1) is 0 Å². The first kappa shape index (κ1) is 12.4. The first-order valence-electron chi connectivity index (χ1n) is 5.53. The maximum absolute atomic E-state index is 13.4. The van der Waals surface area contributed by atoms with Crippen LogP contribution in [0.3, 0.4) is 0 Å². The second-order valence-corrected chi connectivity index (χ2v) is 4.12. The number of hydrogen-bond acceptors (Lipinski definition) is 4. The van der Waals surface area contributed by atoms with E-state index in [2.05, 4.69) is 10.6 Å². The summed E-state index contributed by atoms with van der Waals surface area (Å²) in [4.78, 5) is 21.2. The Balaban J connectivity index is 1.95. The van der Waals surface area contributed by atoms with E-state index in [1.807, 2.05) is 0 Å². The Kier molecular flexibility index (Phi) is 3.52. The molecule has 0 aliphatic heterocycles. The van der Waals surface area contributed by atoms with Crippen molar-refractivity contribution in [2.45, 2.75) is 18.9 Å². The Labute approximate surface area is 102 Å². The Bertz CT molecular complexity index is 488. The summed E-state index contributed by atoms with van der Waals surface area (Å²) in [7, 11) is 0. The number of anilines is 1. The molecule has 0 bridgehead atoms. The fraction of sp³-hybridized carbons (Fsp3) is 0.364. The van der Waals surface area contributed by atoms with Gasteiger partial charge in [0.15, 0.2) is 5.82 Å². The lowest BCUT2D eigenvalue weighted by Crippen LogP contribution is -2.29. The number of nitrogens with zero attached hydrogens (tertiary/aromatic N) is 1. The average Bonchev–Trinajstić information content (AvgIpc) is 3.13. The maximum atomic E-state index is 13.4. The zero-order chi connectivity index (χ0) is 13.1. The topological polar surface area (TPSA) is 84.3 Å². The van der Waals surface area contributed by atoms with Gasteiger partial charge in [-0.05, 0) is 18.9 Å². The van der Waals surface area contributed by atoms with Crippen molar-refractivity contribution in [3.63, 3.8) is 0 Å². The fourth-order valence-electron chi connectivity index (χ4n) is 1.44. The predicted molar refractivity (Wildman–Crippen MR) is 62.7 cm³/mol. The lowest BCUT2D eigenvalue weighted by atomic mass is 10.2. The molecule has 1 saturated carbocycles. The van der Waals surface area contributed by atoms with Crippen LogP contribution in [0.2, 0.25) is 0 Å². The van der Waals surface area contributed by atoms with Crippen LogP contribution in [0.5, 0.6) is 0 Å². The molecule has 0 spiro atoms. The van der Waals surface area contributed by atoms with Gasteiger partial charge >= 0.3 is 0 Å². The Hall–Kier alpha value is -2.02. The van der Waals surface area contributed by atoms with Gasteiger partial charge in [0, 0.05) is 12.1 Å². The molecule has 6 nitrogen and oxygen atoms in total. The van der Waals surface area contributed by atoms with E-state index in [-0.39, 0.29) is 23.8 Å². The van der Waals surface area contributed by atoms with Crippen molar-refractivity contribution in [1.82, 2.24) is 5.32 Å². The van der Waals surface area contributed by atoms with E-state index >= 15 is 0 Å². The molecular weight excluding hydrogens is 241 g/mol. The molecular formula is C11H12FN3O3. The molecule has 1 aromatic carbocycles. The normalized spacial score (nSPS) is 14.3. The van der Waals surface area contributed by atoms with Crippen molar-refractivity contribution in [3.05, 3.63) is 34.1 Å². The maximum Gasteiger partial charge on any atom is 0.272 e. The minimum Gasteiger partial charge on any atom is -0.322 e. The number of nitro benzene ring substituents is 1. The summed E-state index contributed by atoms with van der Waals surface area (Å²) in [6.45, 7) is 0.112. The zero-order valence-electron chi connectivity index (χ0n) is 9.48. The molecule has 0 aromatic heterocycles. The molecule has 2 N–H and O–H groups in total. The minimum atomic E-state index is -0.816. The second-order valence-electron chi connectivity index (χ2n) is 4.12. The first-order chi connectivity index (χ1) is 8.56. The largest absolute Gasteiger partial charge is 0.322 e. The van der Waals surface area contributed by atoms with Crippen molar-refractivity contribution < 1.29 is 14.1 Å². The number of non-ortho nitro benzene ring substituents is 1. The van der Waals surface area contributed by atoms with Gasteiger partial charge in [-0.1, -0.05) is 0 Å². The van der Waals surface area contributed by atoms with Crippen LogP contribution in [0.4, 0.5) is 15.8 Å². The molecule has 0 saturated heterocycles. The summed E-state index contributed by atoms with van der Waals surface area (Å²) in [5.74, 6) is -1.18. The van der Waals surface area contributed by atoms with Crippen LogP contribution >= 0.6 is 0 Å². The molecule has 0 heterocycles. The molecule has 96 valence electrons. The summed E-state index contributed by atoms with van der Waals surface area (Å²) in [6, 6.07) is 3.50. The molecule has 7 heteroatoms. The lowest BCUT2D eigenvalue weighted by molar-refractivity contribution is -0.385. The quantitative estimate of drug-likeness (QED) is 0.614. The van der Waals surface area contributed by atoms with Crippen LogP contribution in [-0.4, -0.2) is 23.4 Å². The van der Waals surface area contributed by atoms with Crippen molar-refractivity contribution >= 4 is 17.3 Å². The van der Waals surface area contributed by atoms with E-state index in [1.165, 1.54) is 6.07 Å². The predicted octanol–water partition coefficient (Wildman–Crippen LogP) is 1.42. The number of hydrogen-bond donors (Lipinski definition) is 2. The third-order valence-corrected chi connectivity index (χ3v) is 2.57. The van der Waals surface area contributed by atoms with Crippen molar-refractivity contribution in [2.75, 3.05) is 11.9 Å². The van der Waals surface area contributed by atoms with E-state index in [4.69, 9.17) is 0 Å². The number of halogens is 1. The lowest BCUT2D eigenvalue weighted by Gasteiger charge is -2.06. The molecule has 1 fully saturated rings. The van der Waals surface area contributed by atoms with Crippen molar-refractivity contribution in [1.29, 1.82) is 0 Å². The number of carbonyl (C=O) groups is 1. The molecule has 18 heavy (non-hydrogen) atoms.